The van der Waals surface area contributed by atoms with Crippen LogP contribution in [0.25, 0.3) is 10.9 Å². The Bertz CT molecular complexity index is 787. The number of halogens is 3. The predicted octanol–water partition coefficient (Wildman–Crippen LogP) is 4.51. The number of nitrogens with zero attached hydrogens (tertiary/aromatic N) is 1. The Labute approximate surface area is 142 Å². The summed E-state index contributed by atoms with van der Waals surface area (Å²) in [6, 6.07) is 5.61. The van der Waals surface area contributed by atoms with Gasteiger partial charge in [-0.25, -0.2) is 0 Å². The molecular formula is C18H19F3N2O2. The Balaban J connectivity index is 1.42. The van der Waals surface area contributed by atoms with Crippen LogP contribution in [0.5, 0.6) is 0 Å². The highest BCUT2D eigenvalue weighted by atomic mass is 19.4. The second-order valence-electron chi connectivity index (χ2n) is 7.43. The summed E-state index contributed by atoms with van der Waals surface area (Å²) in [5.74, 6) is -0.354. The van der Waals surface area contributed by atoms with E-state index in [-0.39, 0.29) is 51.1 Å². The first-order valence-electron chi connectivity index (χ1n) is 8.50. The molecule has 0 aliphatic heterocycles. The van der Waals surface area contributed by atoms with E-state index in [1.165, 1.54) is 0 Å². The summed E-state index contributed by atoms with van der Waals surface area (Å²) in [5.41, 5.74) is -0.624. The molecule has 0 saturated heterocycles. The van der Waals surface area contributed by atoms with Crippen molar-refractivity contribution < 1.29 is 22.7 Å². The Morgan fingerprint density at radius 3 is 2.48 bits per heavy atom. The van der Waals surface area contributed by atoms with Gasteiger partial charge in [0.2, 0.25) is 0 Å². The second-order valence-corrected chi connectivity index (χ2v) is 7.43. The maximum absolute atomic E-state index is 13.3. The lowest BCUT2D eigenvalue weighted by Crippen LogP contribution is -2.52. The fraction of sp³-hybridized carbons (Fsp3) is 0.556. The first-order chi connectivity index (χ1) is 11.8. The van der Waals surface area contributed by atoms with Crippen LogP contribution >= 0.6 is 0 Å². The molecular weight excluding hydrogens is 333 g/mol. The zero-order valence-electron chi connectivity index (χ0n) is 13.7. The van der Waals surface area contributed by atoms with E-state index in [4.69, 9.17) is 4.74 Å². The van der Waals surface area contributed by atoms with Gasteiger partial charge in [-0.1, -0.05) is 12.1 Å². The smallest absolute Gasteiger partial charge is 0.394 e. The van der Waals surface area contributed by atoms with Crippen molar-refractivity contribution in [3.05, 3.63) is 30.0 Å². The van der Waals surface area contributed by atoms with Crippen molar-refractivity contribution in [3.63, 3.8) is 0 Å². The van der Waals surface area contributed by atoms with Crippen molar-refractivity contribution in [2.24, 2.45) is 10.8 Å². The van der Waals surface area contributed by atoms with Crippen molar-refractivity contribution >= 4 is 16.9 Å². The van der Waals surface area contributed by atoms with Crippen LogP contribution in [0.3, 0.4) is 0 Å². The van der Waals surface area contributed by atoms with Crippen molar-refractivity contribution in [1.82, 2.24) is 10.2 Å². The van der Waals surface area contributed by atoms with E-state index < -0.39 is 17.0 Å². The van der Waals surface area contributed by atoms with Gasteiger partial charge >= 0.3 is 12.1 Å². The normalized spacial score (nSPS) is 29.1. The Morgan fingerprint density at radius 2 is 1.84 bits per heavy atom. The number of rotatable bonds is 3. The number of alkyl halides is 3. The monoisotopic (exact) mass is 352 g/mol. The molecule has 2 aromatic rings. The summed E-state index contributed by atoms with van der Waals surface area (Å²) < 4.78 is 45.4. The van der Waals surface area contributed by atoms with E-state index >= 15 is 0 Å². The molecule has 1 heterocycles. The third-order valence-corrected chi connectivity index (χ3v) is 6.16. The summed E-state index contributed by atoms with van der Waals surface area (Å²) in [4.78, 5) is 12.6. The number of hydrogen-bond acceptors (Lipinski definition) is 3. The van der Waals surface area contributed by atoms with Crippen molar-refractivity contribution in [3.8, 4) is 0 Å². The maximum atomic E-state index is 13.3. The highest BCUT2D eigenvalue weighted by molar-refractivity contribution is 5.79. The van der Waals surface area contributed by atoms with Crippen LogP contribution in [-0.4, -0.2) is 22.3 Å². The number of fused-ring (bicyclic) bond motifs is 4. The average molecular weight is 352 g/mol. The molecule has 0 unspecified atom stereocenters. The van der Waals surface area contributed by atoms with Gasteiger partial charge in [0.1, 0.15) is 6.61 Å². The molecule has 0 radical (unpaired) electrons. The van der Waals surface area contributed by atoms with E-state index in [1.54, 1.807) is 6.20 Å². The Hall–Kier alpha value is -2.05. The van der Waals surface area contributed by atoms with Gasteiger partial charge in [-0.15, -0.1) is 0 Å². The minimum Gasteiger partial charge on any atom is -0.460 e. The number of benzene rings is 1. The Morgan fingerprint density at radius 1 is 1.16 bits per heavy atom. The molecule has 1 N–H and O–H groups in total. The molecule has 3 fully saturated rings. The SMILES string of the molecule is O=C(OCc1ccc2cn[nH]c2c1)C12CCC(C(F)(F)F)(CC1)CC2. The van der Waals surface area contributed by atoms with Gasteiger partial charge in [0, 0.05) is 5.39 Å². The van der Waals surface area contributed by atoms with Crippen LogP contribution in [0.2, 0.25) is 0 Å². The van der Waals surface area contributed by atoms with Crippen molar-refractivity contribution in [2.45, 2.75) is 51.3 Å². The van der Waals surface area contributed by atoms with E-state index in [9.17, 15) is 18.0 Å². The van der Waals surface area contributed by atoms with Crippen LogP contribution < -0.4 is 0 Å². The molecule has 4 nitrogen and oxygen atoms in total. The molecule has 25 heavy (non-hydrogen) atoms. The molecule has 0 amide bonds. The minimum atomic E-state index is -4.18. The van der Waals surface area contributed by atoms with Gasteiger partial charge in [0.05, 0.1) is 22.5 Å². The van der Waals surface area contributed by atoms with Crippen LogP contribution in [-0.2, 0) is 16.1 Å². The largest absolute Gasteiger partial charge is 0.460 e. The molecule has 3 aliphatic carbocycles. The highest BCUT2D eigenvalue weighted by Crippen LogP contribution is 2.63. The van der Waals surface area contributed by atoms with Gasteiger partial charge in [0.25, 0.3) is 0 Å². The van der Waals surface area contributed by atoms with Crippen LogP contribution in [0.15, 0.2) is 24.4 Å². The molecule has 2 bridgehead atoms. The van der Waals surface area contributed by atoms with Gasteiger partial charge in [-0.2, -0.15) is 18.3 Å². The lowest BCUT2D eigenvalue weighted by atomic mass is 9.53. The van der Waals surface area contributed by atoms with Crippen LogP contribution in [0, 0.1) is 10.8 Å². The number of ether oxygens (including phenoxy) is 1. The van der Waals surface area contributed by atoms with E-state index in [1.807, 2.05) is 18.2 Å². The summed E-state index contributed by atoms with van der Waals surface area (Å²) in [5, 5.41) is 7.77. The van der Waals surface area contributed by atoms with E-state index in [0.29, 0.717) is 0 Å². The van der Waals surface area contributed by atoms with E-state index in [0.717, 1.165) is 16.5 Å². The summed E-state index contributed by atoms with van der Waals surface area (Å²) in [6.45, 7) is 0.125. The molecule has 134 valence electrons. The third-order valence-electron chi connectivity index (χ3n) is 6.16. The number of hydrogen-bond donors (Lipinski definition) is 1. The number of carbonyl (C=O) groups is 1. The predicted molar refractivity (Wildman–Crippen MR) is 84.5 cm³/mol. The van der Waals surface area contributed by atoms with Gasteiger partial charge in [-0.3, -0.25) is 9.89 Å². The molecule has 3 saturated carbocycles. The van der Waals surface area contributed by atoms with Gasteiger partial charge in [-0.05, 0) is 50.2 Å². The molecule has 1 aromatic carbocycles. The molecule has 5 rings (SSSR count). The summed E-state index contributed by atoms with van der Waals surface area (Å²) in [6.07, 6.45) is -1.56. The fourth-order valence-corrected chi connectivity index (χ4v) is 4.29. The molecule has 0 spiro atoms. The standard InChI is InChI=1S/C18H19F3N2O2/c19-18(20,21)17-6-3-16(4-7-17,5-8-17)15(24)25-11-12-1-2-13-10-22-23-14(13)9-12/h1-2,9-10H,3-8,11H2,(H,22,23). The topological polar surface area (TPSA) is 55.0 Å². The number of esters is 1. The zero-order valence-corrected chi connectivity index (χ0v) is 13.7. The zero-order chi connectivity index (χ0) is 17.7. The number of carbonyl (C=O) groups excluding carboxylic acids is 1. The molecule has 7 heteroatoms. The Kier molecular flexibility index (Phi) is 3.60. The van der Waals surface area contributed by atoms with Crippen LogP contribution in [0.1, 0.15) is 44.1 Å². The van der Waals surface area contributed by atoms with E-state index in [2.05, 4.69) is 10.2 Å². The maximum Gasteiger partial charge on any atom is 0.394 e. The highest BCUT2D eigenvalue weighted by Gasteiger charge is 2.63. The molecule has 1 aromatic heterocycles. The fourth-order valence-electron chi connectivity index (χ4n) is 4.29. The molecule has 3 aliphatic rings. The van der Waals surface area contributed by atoms with Gasteiger partial charge < -0.3 is 4.74 Å². The third kappa shape index (κ3) is 2.60. The first-order valence-corrected chi connectivity index (χ1v) is 8.50. The summed E-state index contributed by atoms with van der Waals surface area (Å²) in [7, 11) is 0. The number of H-pyrrole nitrogens is 1. The van der Waals surface area contributed by atoms with Gasteiger partial charge in [0.15, 0.2) is 0 Å². The lowest BCUT2D eigenvalue weighted by molar-refractivity contribution is -0.261. The lowest BCUT2D eigenvalue weighted by Gasteiger charge is -2.52. The molecule has 0 atom stereocenters. The van der Waals surface area contributed by atoms with Crippen molar-refractivity contribution in [2.75, 3.05) is 0 Å². The number of aromatic nitrogens is 2. The number of nitrogens with one attached hydrogen (secondary N) is 1. The minimum absolute atomic E-state index is 0.0334. The number of aromatic amines is 1. The summed E-state index contributed by atoms with van der Waals surface area (Å²) >= 11 is 0. The van der Waals surface area contributed by atoms with Crippen LogP contribution in [0.4, 0.5) is 13.2 Å². The van der Waals surface area contributed by atoms with Crippen molar-refractivity contribution in [1.29, 1.82) is 0 Å². The second kappa shape index (κ2) is 5.47. The average Bonchev–Trinajstić information content (AvgIpc) is 3.08. The quantitative estimate of drug-likeness (QED) is 0.827. The first kappa shape index (κ1) is 16.4.